The number of hydrogen-bond acceptors (Lipinski definition) is 4. The number of benzene rings is 1. The molecule has 1 aromatic carbocycles. The Morgan fingerprint density at radius 3 is 2.58 bits per heavy atom. The van der Waals surface area contributed by atoms with Gasteiger partial charge in [-0.05, 0) is 18.5 Å². The Morgan fingerprint density at radius 1 is 1.37 bits per heavy atom. The van der Waals surface area contributed by atoms with Gasteiger partial charge < -0.3 is 5.11 Å². The minimum Gasteiger partial charge on any atom is -0.395 e. The van der Waals surface area contributed by atoms with Crippen LogP contribution in [0.1, 0.15) is 24.8 Å². The van der Waals surface area contributed by atoms with E-state index in [-0.39, 0.29) is 18.4 Å². The van der Waals surface area contributed by atoms with E-state index in [4.69, 9.17) is 10.9 Å². The second-order valence-electron chi connectivity index (χ2n) is 4.50. The number of aliphatic hydroxyl groups excluding tert-OH is 1. The van der Waals surface area contributed by atoms with Crippen LogP contribution in [0.3, 0.4) is 0 Å². The number of nitrogens with one attached hydrogen (secondary N) is 1. The summed E-state index contributed by atoms with van der Waals surface area (Å²) >= 11 is 0. The van der Waals surface area contributed by atoms with E-state index in [1.807, 2.05) is 30.3 Å². The Bertz CT molecular complexity index is 364. The molecule has 1 atom stereocenters. The summed E-state index contributed by atoms with van der Waals surface area (Å²) in [7, 11) is 0. The molecule has 4 N–H and O–H groups in total. The highest BCUT2D eigenvalue weighted by atomic mass is 16.3. The third-order valence-electron chi connectivity index (χ3n) is 3.06. The second-order valence-corrected chi connectivity index (χ2v) is 4.50. The van der Waals surface area contributed by atoms with E-state index < -0.39 is 0 Å². The topological polar surface area (TPSA) is 78.6 Å². The quantitative estimate of drug-likeness (QED) is 0.362. The van der Waals surface area contributed by atoms with Crippen molar-refractivity contribution in [3.8, 4) is 0 Å². The van der Waals surface area contributed by atoms with Gasteiger partial charge in [-0.1, -0.05) is 37.3 Å². The first kappa shape index (κ1) is 15.6. The van der Waals surface area contributed by atoms with Crippen LogP contribution in [0, 0.1) is 0 Å². The summed E-state index contributed by atoms with van der Waals surface area (Å²) < 4.78 is 0. The third-order valence-corrected chi connectivity index (χ3v) is 3.06. The highest BCUT2D eigenvalue weighted by Gasteiger charge is 2.22. The van der Waals surface area contributed by atoms with Crippen molar-refractivity contribution in [3.05, 3.63) is 35.9 Å². The number of aliphatic hydroxyl groups is 1. The molecule has 0 saturated heterocycles. The highest BCUT2D eigenvalue weighted by molar-refractivity contribution is 5.83. The molecular weight excluding hydrogens is 242 g/mol. The standard InChI is InChI=1S/C14H23N3O2/c1-2-8-17(9-10-18)11-13(14(19)16-15)12-6-4-3-5-7-12/h3-7,13,18H,2,8-11,15H2,1H3,(H,16,19). The lowest BCUT2D eigenvalue weighted by molar-refractivity contribution is -0.123. The van der Waals surface area contributed by atoms with Gasteiger partial charge in [0.1, 0.15) is 0 Å². The van der Waals surface area contributed by atoms with Gasteiger partial charge in [0.05, 0.1) is 12.5 Å². The van der Waals surface area contributed by atoms with Crippen molar-refractivity contribution in [1.82, 2.24) is 10.3 Å². The molecule has 5 heteroatoms. The van der Waals surface area contributed by atoms with Crippen LogP contribution in [0.25, 0.3) is 0 Å². The molecule has 0 aliphatic carbocycles. The van der Waals surface area contributed by atoms with Crippen LogP contribution < -0.4 is 11.3 Å². The summed E-state index contributed by atoms with van der Waals surface area (Å²) in [6.07, 6.45) is 0.978. The van der Waals surface area contributed by atoms with Gasteiger partial charge in [-0.25, -0.2) is 5.84 Å². The summed E-state index contributed by atoms with van der Waals surface area (Å²) in [6.45, 7) is 4.13. The highest BCUT2D eigenvalue weighted by Crippen LogP contribution is 2.17. The summed E-state index contributed by atoms with van der Waals surface area (Å²) in [5, 5.41) is 9.08. The van der Waals surface area contributed by atoms with Crippen LogP contribution in [-0.4, -0.2) is 42.2 Å². The fourth-order valence-corrected chi connectivity index (χ4v) is 2.14. The maximum atomic E-state index is 11.9. The van der Waals surface area contributed by atoms with Crippen LogP contribution in [-0.2, 0) is 4.79 Å². The zero-order valence-electron chi connectivity index (χ0n) is 11.4. The van der Waals surface area contributed by atoms with E-state index in [0.717, 1.165) is 18.5 Å². The van der Waals surface area contributed by atoms with Gasteiger partial charge >= 0.3 is 0 Å². The molecule has 0 saturated carbocycles. The normalized spacial score (nSPS) is 12.4. The number of hydrogen-bond donors (Lipinski definition) is 3. The van der Waals surface area contributed by atoms with Crippen LogP contribution >= 0.6 is 0 Å². The smallest absolute Gasteiger partial charge is 0.242 e. The molecule has 0 spiro atoms. The number of carbonyl (C=O) groups excluding carboxylic acids is 1. The Morgan fingerprint density at radius 2 is 2.05 bits per heavy atom. The molecule has 0 aliphatic heterocycles. The molecule has 0 fully saturated rings. The van der Waals surface area contributed by atoms with Crippen molar-refractivity contribution < 1.29 is 9.90 Å². The fraction of sp³-hybridized carbons (Fsp3) is 0.500. The van der Waals surface area contributed by atoms with Gasteiger partial charge in [0.15, 0.2) is 0 Å². The van der Waals surface area contributed by atoms with Crippen molar-refractivity contribution >= 4 is 5.91 Å². The predicted octanol–water partition coefficient (Wildman–Crippen LogP) is 0.464. The molecule has 0 heterocycles. The van der Waals surface area contributed by atoms with Crippen molar-refractivity contribution in [1.29, 1.82) is 0 Å². The number of nitrogens with two attached hydrogens (primary N) is 1. The zero-order valence-corrected chi connectivity index (χ0v) is 11.4. The van der Waals surface area contributed by atoms with E-state index in [9.17, 15) is 4.79 Å². The van der Waals surface area contributed by atoms with Gasteiger partial charge in [0.25, 0.3) is 0 Å². The molecule has 19 heavy (non-hydrogen) atoms. The lowest BCUT2D eigenvalue weighted by Gasteiger charge is -2.25. The number of hydrazine groups is 1. The lowest BCUT2D eigenvalue weighted by atomic mass is 9.97. The van der Waals surface area contributed by atoms with Gasteiger partial charge in [-0.2, -0.15) is 0 Å². The van der Waals surface area contributed by atoms with Crippen molar-refractivity contribution in [2.24, 2.45) is 5.84 Å². The minimum absolute atomic E-state index is 0.0890. The van der Waals surface area contributed by atoms with Crippen LogP contribution in [0.4, 0.5) is 0 Å². The number of nitrogens with zero attached hydrogens (tertiary/aromatic N) is 1. The molecule has 1 unspecified atom stereocenters. The summed E-state index contributed by atoms with van der Waals surface area (Å²) in [4.78, 5) is 14.0. The molecule has 106 valence electrons. The number of amides is 1. The summed E-state index contributed by atoms with van der Waals surface area (Å²) in [5.74, 6) is 4.75. The largest absolute Gasteiger partial charge is 0.395 e. The third kappa shape index (κ3) is 4.98. The Kier molecular flexibility index (Phi) is 7.10. The Hall–Kier alpha value is -1.43. The molecule has 1 amide bonds. The second kappa shape index (κ2) is 8.63. The van der Waals surface area contributed by atoms with E-state index in [2.05, 4.69) is 17.2 Å². The number of carbonyl (C=O) groups is 1. The first-order valence-electron chi connectivity index (χ1n) is 6.61. The molecular formula is C14H23N3O2. The first-order chi connectivity index (χ1) is 9.22. The van der Waals surface area contributed by atoms with E-state index in [1.54, 1.807) is 0 Å². The lowest BCUT2D eigenvalue weighted by Crippen LogP contribution is -2.41. The Labute approximate surface area is 114 Å². The van der Waals surface area contributed by atoms with Crippen LogP contribution in [0.2, 0.25) is 0 Å². The van der Waals surface area contributed by atoms with E-state index >= 15 is 0 Å². The van der Waals surface area contributed by atoms with Crippen LogP contribution in [0.5, 0.6) is 0 Å². The Balaban J connectivity index is 2.82. The summed E-state index contributed by atoms with van der Waals surface area (Å²) in [6, 6.07) is 9.56. The monoisotopic (exact) mass is 265 g/mol. The van der Waals surface area contributed by atoms with E-state index in [1.165, 1.54) is 0 Å². The summed E-state index contributed by atoms with van der Waals surface area (Å²) in [5.41, 5.74) is 3.16. The van der Waals surface area contributed by atoms with Gasteiger partial charge in [-0.15, -0.1) is 0 Å². The first-order valence-corrected chi connectivity index (χ1v) is 6.61. The van der Waals surface area contributed by atoms with E-state index in [0.29, 0.717) is 13.1 Å². The molecule has 0 bridgehead atoms. The average Bonchev–Trinajstić information content (AvgIpc) is 2.45. The van der Waals surface area contributed by atoms with Crippen molar-refractivity contribution in [2.75, 3.05) is 26.2 Å². The molecule has 0 radical (unpaired) electrons. The molecule has 1 aromatic rings. The van der Waals surface area contributed by atoms with Crippen molar-refractivity contribution in [3.63, 3.8) is 0 Å². The predicted molar refractivity (Wildman–Crippen MR) is 75.3 cm³/mol. The zero-order chi connectivity index (χ0) is 14.1. The maximum Gasteiger partial charge on any atom is 0.242 e. The van der Waals surface area contributed by atoms with Gasteiger partial charge in [-0.3, -0.25) is 15.1 Å². The SMILES string of the molecule is CCCN(CCO)CC(C(=O)NN)c1ccccc1. The van der Waals surface area contributed by atoms with Gasteiger partial charge in [0, 0.05) is 13.1 Å². The molecule has 5 nitrogen and oxygen atoms in total. The minimum atomic E-state index is -0.315. The molecule has 0 aromatic heterocycles. The van der Waals surface area contributed by atoms with Crippen LogP contribution in [0.15, 0.2) is 30.3 Å². The van der Waals surface area contributed by atoms with Gasteiger partial charge in [0.2, 0.25) is 5.91 Å². The molecule has 0 aliphatic rings. The average molecular weight is 265 g/mol. The molecule has 1 rings (SSSR count). The van der Waals surface area contributed by atoms with Crippen molar-refractivity contribution in [2.45, 2.75) is 19.3 Å². The maximum absolute atomic E-state index is 11.9. The fourth-order valence-electron chi connectivity index (χ4n) is 2.14. The number of rotatable bonds is 8.